The molecular weight excluding hydrogens is 244 g/mol. The fourth-order valence-electron chi connectivity index (χ4n) is 2.06. The van der Waals surface area contributed by atoms with E-state index < -0.39 is 5.54 Å². The minimum absolute atomic E-state index is 0.117. The number of hydrogen-bond acceptors (Lipinski definition) is 5. The fraction of sp³-hybridized carbons (Fsp3) is 0.538. The highest BCUT2D eigenvalue weighted by Crippen LogP contribution is 2.33. The number of morpholine rings is 1. The van der Waals surface area contributed by atoms with E-state index in [9.17, 15) is 4.79 Å². The number of nitrogens with zero attached hydrogens (tertiary/aromatic N) is 2. The van der Waals surface area contributed by atoms with Crippen molar-refractivity contribution in [3.05, 3.63) is 18.3 Å². The Bertz CT molecular complexity index is 464. The molecule has 1 saturated heterocycles. The largest absolute Gasteiger partial charge is 0.378 e. The van der Waals surface area contributed by atoms with Gasteiger partial charge >= 0.3 is 0 Å². The molecule has 0 radical (unpaired) electrons. The minimum atomic E-state index is -0.650. The maximum absolute atomic E-state index is 11.8. The van der Waals surface area contributed by atoms with Crippen LogP contribution in [0.5, 0.6) is 0 Å². The van der Waals surface area contributed by atoms with E-state index in [0.29, 0.717) is 5.69 Å². The SMILES string of the molecule is NC1(C(=O)Nc2ccc(N3CCOCC3)nc2)CC1. The number of rotatable bonds is 3. The predicted octanol–water partition coefficient (Wildman–Crippen LogP) is 0.348. The molecule has 1 amide bonds. The molecule has 2 fully saturated rings. The Kier molecular flexibility index (Phi) is 3.12. The van der Waals surface area contributed by atoms with Crippen LogP contribution in [0.25, 0.3) is 0 Å². The van der Waals surface area contributed by atoms with Crippen molar-refractivity contribution < 1.29 is 9.53 Å². The van der Waals surface area contributed by atoms with Crippen LogP contribution < -0.4 is 16.0 Å². The zero-order valence-corrected chi connectivity index (χ0v) is 10.8. The predicted molar refractivity (Wildman–Crippen MR) is 72.1 cm³/mol. The number of carbonyl (C=O) groups is 1. The van der Waals surface area contributed by atoms with Gasteiger partial charge in [0.1, 0.15) is 5.82 Å². The number of nitrogens with two attached hydrogens (primary N) is 1. The van der Waals surface area contributed by atoms with Gasteiger partial charge in [-0.1, -0.05) is 0 Å². The topological polar surface area (TPSA) is 80.5 Å². The number of pyridine rings is 1. The molecule has 0 atom stereocenters. The van der Waals surface area contributed by atoms with Gasteiger partial charge in [0.25, 0.3) is 0 Å². The maximum Gasteiger partial charge on any atom is 0.244 e. The smallest absolute Gasteiger partial charge is 0.244 e. The number of amides is 1. The summed E-state index contributed by atoms with van der Waals surface area (Å²) in [6.07, 6.45) is 3.20. The van der Waals surface area contributed by atoms with Crippen LogP contribution in [0, 0.1) is 0 Å². The molecule has 3 rings (SSSR count). The summed E-state index contributed by atoms with van der Waals surface area (Å²) in [5.74, 6) is 0.795. The molecule has 2 heterocycles. The van der Waals surface area contributed by atoms with Crippen LogP contribution in [0.4, 0.5) is 11.5 Å². The molecule has 1 aliphatic carbocycles. The van der Waals surface area contributed by atoms with Crippen LogP contribution in [0.2, 0.25) is 0 Å². The second kappa shape index (κ2) is 4.79. The molecule has 0 spiro atoms. The Hall–Kier alpha value is -1.66. The summed E-state index contributed by atoms with van der Waals surface area (Å²) >= 11 is 0. The lowest BCUT2D eigenvalue weighted by molar-refractivity contribution is -0.118. The third-order valence-corrected chi connectivity index (χ3v) is 3.58. The van der Waals surface area contributed by atoms with Crippen molar-refractivity contribution in [3.63, 3.8) is 0 Å². The standard InChI is InChI=1S/C13H18N4O2/c14-13(3-4-13)12(18)16-10-1-2-11(15-9-10)17-5-7-19-8-6-17/h1-2,9H,3-8,14H2,(H,16,18). The van der Waals surface area contributed by atoms with E-state index in [2.05, 4.69) is 15.2 Å². The van der Waals surface area contributed by atoms with Gasteiger partial charge in [0.05, 0.1) is 30.6 Å². The lowest BCUT2D eigenvalue weighted by Crippen LogP contribution is -2.38. The molecule has 3 N–H and O–H groups in total. The number of aromatic nitrogens is 1. The van der Waals surface area contributed by atoms with Crippen molar-refractivity contribution in [1.29, 1.82) is 0 Å². The third kappa shape index (κ3) is 2.69. The first-order chi connectivity index (χ1) is 9.17. The zero-order valence-electron chi connectivity index (χ0n) is 10.8. The van der Waals surface area contributed by atoms with Gasteiger partial charge in [0, 0.05) is 13.1 Å². The van der Waals surface area contributed by atoms with Gasteiger partial charge in [-0.25, -0.2) is 4.98 Å². The molecule has 1 saturated carbocycles. The van der Waals surface area contributed by atoms with Crippen LogP contribution in [0.3, 0.4) is 0 Å². The van der Waals surface area contributed by atoms with Crippen molar-refractivity contribution in [1.82, 2.24) is 4.98 Å². The number of nitrogens with one attached hydrogen (secondary N) is 1. The second-order valence-corrected chi connectivity index (χ2v) is 5.11. The Balaban J connectivity index is 1.63. The number of ether oxygens (including phenoxy) is 1. The van der Waals surface area contributed by atoms with E-state index in [0.717, 1.165) is 45.0 Å². The van der Waals surface area contributed by atoms with E-state index in [1.807, 2.05) is 12.1 Å². The average Bonchev–Trinajstić information content (AvgIpc) is 3.20. The van der Waals surface area contributed by atoms with Crippen molar-refractivity contribution in [2.75, 3.05) is 36.5 Å². The second-order valence-electron chi connectivity index (χ2n) is 5.11. The molecule has 0 unspecified atom stereocenters. The van der Waals surface area contributed by atoms with Gasteiger partial charge in [-0.2, -0.15) is 0 Å². The van der Waals surface area contributed by atoms with Crippen LogP contribution in [-0.2, 0) is 9.53 Å². The molecule has 6 nitrogen and oxygen atoms in total. The van der Waals surface area contributed by atoms with Crippen LogP contribution in [0.15, 0.2) is 18.3 Å². The average molecular weight is 262 g/mol. The van der Waals surface area contributed by atoms with Crippen LogP contribution in [-0.4, -0.2) is 42.7 Å². The first kappa shape index (κ1) is 12.4. The van der Waals surface area contributed by atoms with Gasteiger partial charge in [-0.05, 0) is 25.0 Å². The van der Waals surface area contributed by atoms with E-state index >= 15 is 0 Å². The van der Waals surface area contributed by atoms with Crippen molar-refractivity contribution >= 4 is 17.4 Å². The normalized spacial score (nSPS) is 21.0. The molecule has 19 heavy (non-hydrogen) atoms. The third-order valence-electron chi connectivity index (χ3n) is 3.58. The monoisotopic (exact) mass is 262 g/mol. The van der Waals surface area contributed by atoms with Gasteiger partial charge in [0.2, 0.25) is 5.91 Å². The summed E-state index contributed by atoms with van der Waals surface area (Å²) < 4.78 is 5.30. The van der Waals surface area contributed by atoms with E-state index in [1.165, 1.54) is 0 Å². The highest BCUT2D eigenvalue weighted by atomic mass is 16.5. The van der Waals surface area contributed by atoms with Gasteiger partial charge in [-0.15, -0.1) is 0 Å². The number of anilines is 2. The first-order valence-electron chi connectivity index (χ1n) is 6.56. The summed E-state index contributed by atoms with van der Waals surface area (Å²) in [4.78, 5) is 18.3. The molecule has 0 bridgehead atoms. The lowest BCUT2D eigenvalue weighted by atomic mass is 10.2. The van der Waals surface area contributed by atoms with E-state index in [4.69, 9.17) is 10.5 Å². The first-order valence-corrected chi connectivity index (χ1v) is 6.56. The van der Waals surface area contributed by atoms with Crippen LogP contribution >= 0.6 is 0 Å². The number of carbonyl (C=O) groups excluding carboxylic acids is 1. The highest BCUT2D eigenvalue weighted by molar-refractivity contribution is 5.99. The van der Waals surface area contributed by atoms with Crippen molar-refractivity contribution in [2.45, 2.75) is 18.4 Å². The van der Waals surface area contributed by atoms with E-state index in [-0.39, 0.29) is 5.91 Å². The summed E-state index contributed by atoms with van der Waals surface area (Å²) in [7, 11) is 0. The summed E-state index contributed by atoms with van der Waals surface area (Å²) in [5.41, 5.74) is 5.87. The highest BCUT2D eigenvalue weighted by Gasteiger charge is 2.45. The Labute approximate surface area is 111 Å². The summed E-state index contributed by atoms with van der Waals surface area (Å²) in [6, 6.07) is 3.78. The Morgan fingerprint density at radius 3 is 2.68 bits per heavy atom. The molecule has 2 aliphatic rings. The molecular formula is C13H18N4O2. The molecule has 1 aromatic rings. The lowest BCUT2D eigenvalue weighted by Gasteiger charge is -2.27. The van der Waals surface area contributed by atoms with Crippen molar-refractivity contribution in [3.8, 4) is 0 Å². The summed E-state index contributed by atoms with van der Waals surface area (Å²) in [6.45, 7) is 3.17. The Morgan fingerprint density at radius 1 is 1.37 bits per heavy atom. The van der Waals surface area contributed by atoms with Gasteiger partial charge < -0.3 is 20.7 Å². The Morgan fingerprint density at radius 2 is 2.11 bits per heavy atom. The van der Waals surface area contributed by atoms with E-state index in [1.54, 1.807) is 6.20 Å². The van der Waals surface area contributed by atoms with Crippen LogP contribution in [0.1, 0.15) is 12.8 Å². The van der Waals surface area contributed by atoms with Gasteiger partial charge in [0.15, 0.2) is 0 Å². The quantitative estimate of drug-likeness (QED) is 0.821. The molecule has 6 heteroatoms. The molecule has 102 valence electrons. The number of hydrogen-bond donors (Lipinski definition) is 2. The minimum Gasteiger partial charge on any atom is -0.378 e. The maximum atomic E-state index is 11.8. The molecule has 1 aliphatic heterocycles. The van der Waals surface area contributed by atoms with Gasteiger partial charge in [-0.3, -0.25) is 4.79 Å². The summed E-state index contributed by atoms with van der Waals surface area (Å²) in [5, 5.41) is 2.80. The molecule has 0 aromatic carbocycles. The zero-order chi connectivity index (χ0) is 13.3. The van der Waals surface area contributed by atoms with Crippen molar-refractivity contribution in [2.24, 2.45) is 5.73 Å². The molecule has 1 aromatic heterocycles. The fourth-order valence-corrected chi connectivity index (χ4v) is 2.06.